The number of benzene rings is 3. The van der Waals surface area contributed by atoms with E-state index in [1.54, 1.807) is 6.21 Å². The van der Waals surface area contributed by atoms with Crippen LogP contribution in [0.15, 0.2) is 65.7 Å². The summed E-state index contributed by atoms with van der Waals surface area (Å²) >= 11 is 12.3. The van der Waals surface area contributed by atoms with E-state index in [1.807, 2.05) is 74.5 Å². The van der Waals surface area contributed by atoms with Crippen molar-refractivity contribution >= 4 is 35.1 Å². The molecule has 0 unspecified atom stereocenters. The SMILES string of the molecule is CCOc1cc(C=Nc2cc(Cl)ccc2C)ccc1OCc1ccccc1Cl. The van der Waals surface area contributed by atoms with E-state index in [2.05, 4.69) is 4.99 Å². The molecule has 0 radical (unpaired) electrons. The molecule has 3 rings (SSSR count). The molecule has 5 heteroatoms. The zero-order chi connectivity index (χ0) is 19.9. The monoisotopic (exact) mass is 413 g/mol. The minimum absolute atomic E-state index is 0.370. The van der Waals surface area contributed by atoms with Gasteiger partial charge in [0.25, 0.3) is 0 Å². The Labute approximate surface area is 175 Å². The molecule has 0 aliphatic rings. The van der Waals surface area contributed by atoms with Gasteiger partial charge in [-0.3, -0.25) is 4.99 Å². The van der Waals surface area contributed by atoms with Crippen LogP contribution in [0.2, 0.25) is 10.0 Å². The van der Waals surface area contributed by atoms with Gasteiger partial charge >= 0.3 is 0 Å². The van der Waals surface area contributed by atoms with Crippen molar-refractivity contribution in [2.24, 2.45) is 4.99 Å². The Morgan fingerprint density at radius 2 is 1.75 bits per heavy atom. The first-order valence-electron chi connectivity index (χ1n) is 9.00. The van der Waals surface area contributed by atoms with Crippen LogP contribution in [0.3, 0.4) is 0 Å². The van der Waals surface area contributed by atoms with Crippen LogP contribution >= 0.6 is 23.2 Å². The number of hydrogen-bond acceptors (Lipinski definition) is 3. The Kier molecular flexibility index (Phi) is 6.96. The number of halogens is 2. The molecular formula is C23H21Cl2NO2. The van der Waals surface area contributed by atoms with Crippen molar-refractivity contribution in [3.8, 4) is 11.5 Å². The second-order valence-corrected chi connectivity index (χ2v) is 7.05. The predicted octanol–water partition coefficient (Wildman–Crippen LogP) is 7.03. The van der Waals surface area contributed by atoms with E-state index in [0.29, 0.717) is 34.8 Å². The molecular weight excluding hydrogens is 393 g/mol. The molecule has 0 aliphatic carbocycles. The second-order valence-electron chi connectivity index (χ2n) is 6.21. The van der Waals surface area contributed by atoms with E-state index in [0.717, 1.165) is 22.4 Å². The molecule has 0 bridgehead atoms. The van der Waals surface area contributed by atoms with Crippen LogP contribution in [-0.2, 0) is 6.61 Å². The largest absolute Gasteiger partial charge is 0.490 e. The quantitative estimate of drug-likeness (QED) is 0.389. The molecule has 0 fully saturated rings. The summed E-state index contributed by atoms with van der Waals surface area (Å²) in [5.41, 5.74) is 3.73. The highest BCUT2D eigenvalue weighted by molar-refractivity contribution is 6.31. The van der Waals surface area contributed by atoms with E-state index in [9.17, 15) is 0 Å². The normalized spacial score (nSPS) is 11.0. The van der Waals surface area contributed by atoms with E-state index in [1.165, 1.54) is 0 Å². The molecule has 0 N–H and O–H groups in total. The van der Waals surface area contributed by atoms with Crippen LogP contribution in [0, 0.1) is 6.92 Å². The summed E-state index contributed by atoms with van der Waals surface area (Å²) in [5.74, 6) is 1.33. The molecule has 0 heterocycles. The summed E-state index contributed by atoms with van der Waals surface area (Å²) in [5, 5.41) is 1.34. The van der Waals surface area contributed by atoms with E-state index in [4.69, 9.17) is 32.7 Å². The van der Waals surface area contributed by atoms with E-state index < -0.39 is 0 Å². The van der Waals surface area contributed by atoms with Gasteiger partial charge < -0.3 is 9.47 Å². The molecule has 3 nitrogen and oxygen atoms in total. The first-order valence-corrected chi connectivity index (χ1v) is 9.75. The third kappa shape index (κ3) is 5.28. The molecule has 0 saturated carbocycles. The van der Waals surface area contributed by atoms with E-state index >= 15 is 0 Å². The van der Waals surface area contributed by atoms with Gasteiger partial charge in [-0.25, -0.2) is 0 Å². The van der Waals surface area contributed by atoms with Gasteiger partial charge in [0.1, 0.15) is 6.61 Å². The van der Waals surface area contributed by atoms with Crippen LogP contribution in [0.25, 0.3) is 0 Å². The maximum Gasteiger partial charge on any atom is 0.161 e. The predicted molar refractivity (Wildman–Crippen MR) is 117 cm³/mol. The summed E-state index contributed by atoms with van der Waals surface area (Å²) in [7, 11) is 0. The van der Waals surface area contributed by atoms with Gasteiger partial charge in [0, 0.05) is 21.8 Å². The molecule has 3 aromatic carbocycles. The highest BCUT2D eigenvalue weighted by atomic mass is 35.5. The lowest BCUT2D eigenvalue weighted by Crippen LogP contribution is -2.01. The van der Waals surface area contributed by atoms with Crippen molar-refractivity contribution in [2.45, 2.75) is 20.5 Å². The highest BCUT2D eigenvalue weighted by Gasteiger charge is 2.08. The molecule has 0 aliphatic heterocycles. The number of ether oxygens (including phenoxy) is 2. The number of rotatable bonds is 7. The zero-order valence-corrected chi connectivity index (χ0v) is 17.3. The number of aliphatic imine (C=N–C) groups is 1. The fourth-order valence-corrected chi connectivity index (χ4v) is 2.99. The Hall–Kier alpha value is -2.49. The van der Waals surface area contributed by atoms with Crippen molar-refractivity contribution in [1.29, 1.82) is 0 Å². The van der Waals surface area contributed by atoms with E-state index in [-0.39, 0.29) is 0 Å². The fourth-order valence-electron chi connectivity index (χ4n) is 2.63. The lowest BCUT2D eigenvalue weighted by molar-refractivity contribution is 0.269. The van der Waals surface area contributed by atoms with Crippen molar-refractivity contribution in [2.75, 3.05) is 6.61 Å². The van der Waals surface area contributed by atoms with Gasteiger partial charge in [-0.05, 0) is 61.4 Å². The van der Waals surface area contributed by atoms with Crippen LogP contribution < -0.4 is 9.47 Å². The average molecular weight is 414 g/mol. The van der Waals surface area contributed by atoms with Gasteiger partial charge in [-0.2, -0.15) is 0 Å². The first-order chi connectivity index (χ1) is 13.6. The molecule has 0 saturated heterocycles. The average Bonchev–Trinajstić information content (AvgIpc) is 2.69. The lowest BCUT2D eigenvalue weighted by atomic mass is 10.2. The Balaban J connectivity index is 1.79. The standard InChI is InChI=1S/C23H21Cl2NO2/c1-3-27-23-12-17(14-26-21-13-19(24)10-8-16(21)2)9-11-22(23)28-15-18-6-4-5-7-20(18)25/h4-14H,3,15H2,1-2H3. The third-order valence-corrected chi connectivity index (χ3v) is 4.74. The van der Waals surface area contributed by atoms with Crippen molar-refractivity contribution in [3.05, 3.63) is 87.4 Å². The van der Waals surface area contributed by atoms with Gasteiger partial charge in [0.05, 0.1) is 12.3 Å². The molecule has 28 heavy (non-hydrogen) atoms. The zero-order valence-electron chi connectivity index (χ0n) is 15.8. The first kappa shape index (κ1) is 20.2. The van der Waals surface area contributed by atoms with Gasteiger partial charge in [-0.15, -0.1) is 0 Å². The van der Waals surface area contributed by atoms with Crippen molar-refractivity contribution in [3.63, 3.8) is 0 Å². The minimum Gasteiger partial charge on any atom is -0.490 e. The molecule has 3 aromatic rings. The maximum atomic E-state index is 6.20. The minimum atomic E-state index is 0.370. The summed E-state index contributed by atoms with van der Waals surface area (Å²) in [4.78, 5) is 4.55. The Morgan fingerprint density at radius 3 is 2.54 bits per heavy atom. The molecule has 0 spiro atoms. The molecule has 144 valence electrons. The Morgan fingerprint density at radius 1 is 0.929 bits per heavy atom. The van der Waals surface area contributed by atoms with Crippen molar-refractivity contribution < 1.29 is 9.47 Å². The smallest absolute Gasteiger partial charge is 0.161 e. The van der Waals surface area contributed by atoms with Crippen LogP contribution in [0.5, 0.6) is 11.5 Å². The number of hydrogen-bond donors (Lipinski definition) is 0. The number of aryl methyl sites for hydroxylation is 1. The fraction of sp³-hybridized carbons (Fsp3) is 0.174. The molecule has 0 amide bonds. The van der Waals surface area contributed by atoms with Gasteiger partial charge in [0.2, 0.25) is 0 Å². The van der Waals surface area contributed by atoms with Gasteiger partial charge in [0.15, 0.2) is 11.5 Å². The van der Waals surface area contributed by atoms with Crippen LogP contribution in [-0.4, -0.2) is 12.8 Å². The van der Waals surface area contributed by atoms with Crippen LogP contribution in [0.4, 0.5) is 5.69 Å². The van der Waals surface area contributed by atoms with Crippen LogP contribution in [0.1, 0.15) is 23.6 Å². The number of nitrogens with zero attached hydrogens (tertiary/aromatic N) is 1. The highest BCUT2D eigenvalue weighted by Crippen LogP contribution is 2.30. The summed E-state index contributed by atoms with van der Waals surface area (Å²) in [6, 6.07) is 19.0. The van der Waals surface area contributed by atoms with Gasteiger partial charge in [-0.1, -0.05) is 47.5 Å². The van der Waals surface area contributed by atoms with Crippen molar-refractivity contribution in [1.82, 2.24) is 0 Å². The lowest BCUT2D eigenvalue weighted by Gasteiger charge is -2.13. The third-order valence-electron chi connectivity index (χ3n) is 4.13. The summed E-state index contributed by atoms with van der Waals surface area (Å²) < 4.78 is 11.7. The summed E-state index contributed by atoms with van der Waals surface area (Å²) in [6.45, 7) is 4.85. The maximum absolute atomic E-state index is 6.20. The topological polar surface area (TPSA) is 30.8 Å². The molecule has 0 atom stereocenters. The molecule has 0 aromatic heterocycles. The second kappa shape index (κ2) is 9.63. The summed E-state index contributed by atoms with van der Waals surface area (Å²) in [6.07, 6.45) is 1.79. The Bertz CT molecular complexity index is 986.